The van der Waals surface area contributed by atoms with Crippen LogP contribution in [-0.4, -0.2) is 22.6 Å². The number of hydrogen-bond acceptors (Lipinski definition) is 1. The molecule has 1 aliphatic heterocycles. The number of benzene rings is 1. The molecule has 0 aliphatic carbocycles. The van der Waals surface area contributed by atoms with Crippen LogP contribution < -0.4 is 0 Å². The van der Waals surface area contributed by atoms with Crippen molar-refractivity contribution in [1.82, 2.24) is 0 Å². The Labute approximate surface area is 140 Å². The lowest BCUT2D eigenvalue weighted by molar-refractivity contribution is -0.439. The van der Waals surface area contributed by atoms with E-state index in [1.54, 1.807) is 6.92 Å². The van der Waals surface area contributed by atoms with Crippen molar-refractivity contribution < 1.29 is 9.37 Å². The molecule has 1 aliphatic rings. The summed E-state index contributed by atoms with van der Waals surface area (Å²) in [5.74, 6) is 0.294. The van der Waals surface area contributed by atoms with Gasteiger partial charge < -0.3 is 4.79 Å². The normalized spacial score (nSPS) is 15.0. The van der Waals surface area contributed by atoms with E-state index in [-0.39, 0.29) is 29.8 Å². The Morgan fingerprint density at radius 2 is 1.81 bits per heavy atom. The molecule has 1 aromatic carbocycles. The molecule has 0 unspecified atom stereocenters. The Morgan fingerprint density at radius 3 is 2.43 bits per heavy atom. The van der Waals surface area contributed by atoms with E-state index < -0.39 is 0 Å². The predicted molar refractivity (Wildman–Crippen MR) is 96.5 cm³/mol. The number of hydrogen-bond donors (Lipinski definition) is 0. The van der Waals surface area contributed by atoms with Crippen LogP contribution in [0.4, 0.5) is 5.69 Å². The lowest BCUT2D eigenvalue weighted by Crippen LogP contribution is -2.26. The second-order valence-electron chi connectivity index (χ2n) is 6.04. The summed E-state index contributed by atoms with van der Waals surface area (Å²) in [5.41, 5.74) is 4.29. The molecule has 2 nitrogen and oxygen atoms in total. The van der Waals surface area contributed by atoms with Gasteiger partial charge in [0.25, 0.3) is 0 Å². The standard InChI is InChI=1S/C17H24NO.CH4.BrH/c1-13(19)9-7-8-12-18-14(2)17(3,4)15-10-5-6-11-16(15)18;;/h5-6,10-11H,7-9,12H2,1-4H3;1H4;1H/q+1;;. The summed E-state index contributed by atoms with van der Waals surface area (Å²) < 4.78 is 2.43. The first-order valence-corrected chi connectivity index (χ1v) is 7.15. The molecular weight excluding hydrogens is 326 g/mol. The molecular formula is C18H29BrNO+. The minimum absolute atomic E-state index is 0. The maximum absolute atomic E-state index is 11.0. The van der Waals surface area contributed by atoms with Crippen molar-refractivity contribution in [3.63, 3.8) is 0 Å². The maximum atomic E-state index is 11.0. The monoisotopic (exact) mass is 354 g/mol. The number of para-hydroxylation sites is 1. The summed E-state index contributed by atoms with van der Waals surface area (Å²) in [6.07, 6.45) is 2.76. The summed E-state index contributed by atoms with van der Waals surface area (Å²) in [6, 6.07) is 8.66. The lowest BCUT2D eigenvalue weighted by Gasteiger charge is -2.14. The van der Waals surface area contributed by atoms with Crippen molar-refractivity contribution in [1.29, 1.82) is 0 Å². The third-order valence-corrected chi connectivity index (χ3v) is 4.34. The number of rotatable bonds is 5. The van der Waals surface area contributed by atoms with Crippen molar-refractivity contribution in [2.75, 3.05) is 6.54 Å². The fraction of sp³-hybridized carbons (Fsp3) is 0.556. The summed E-state index contributed by atoms with van der Waals surface area (Å²) in [7, 11) is 0. The van der Waals surface area contributed by atoms with Crippen LogP contribution in [0.5, 0.6) is 0 Å². The Balaban J connectivity index is 0.00000200. The first-order valence-electron chi connectivity index (χ1n) is 7.15. The van der Waals surface area contributed by atoms with Gasteiger partial charge in [0.1, 0.15) is 12.3 Å². The molecule has 0 bridgehead atoms. The van der Waals surface area contributed by atoms with Crippen LogP contribution in [0.3, 0.4) is 0 Å². The van der Waals surface area contributed by atoms with Gasteiger partial charge in [-0.05, 0) is 27.2 Å². The summed E-state index contributed by atoms with van der Waals surface area (Å²) in [4.78, 5) is 11.0. The number of ketones is 1. The van der Waals surface area contributed by atoms with Crippen LogP contribution in [0.2, 0.25) is 0 Å². The van der Waals surface area contributed by atoms with E-state index in [2.05, 4.69) is 49.6 Å². The van der Waals surface area contributed by atoms with E-state index >= 15 is 0 Å². The number of unbranched alkanes of at least 4 members (excludes halogenated alkanes) is 1. The molecule has 0 fully saturated rings. The van der Waals surface area contributed by atoms with Gasteiger partial charge in [0.05, 0.1) is 5.41 Å². The van der Waals surface area contributed by atoms with Crippen LogP contribution in [-0.2, 0) is 10.2 Å². The smallest absolute Gasteiger partial charge is 0.209 e. The minimum atomic E-state index is 0. The average Bonchev–Trinajstić information content (AvgIpc) is 2.55. The average molecular weight is 355 g/mol. The third kappa shape index (κ3) is 4.03. The highest BCUT2D eigenvalue weighted by atomic mass is 79.9. The van der Waals surface area contributed by atoms with E-state index in [1.165, 1.54) is 17.0 Å². The molecule has 118 valence electrons. The fourth-order valence-electron chi connectivity index (χ4n) is 2.88. The van der Waals surface area contributed by atoms with Gasteiger partial charge in [-0.3, -0.25) is 0 Å². The van der Waals surface area contributed by atoms with E-state index in [0.717, 1.165) is 19.4 Å². The van der Waals surface area contributed by atoms with Crippen LogP contribution >= 0.6 is 17.0 Å². The second-order valence-corrected chi connectivity index (χ2v) is 6.04. The molecule has 0 spiro atoms. The molecule has 0 amide bonds. The Morgan fingerprint density at radius 1 is 1.19 bits per heavy atom. The first kappa shape index (κ1) is 20.0. The number of nitrogens with zero attached hydrogens (tertiary/aromatic N) is 1. The number of halogens is 1. The van der Waals surface area contributed by atoms with Gasteiger partial charge >= 0.3 is 0 Å². The van der Waals surface area contributed by atoms with Crippen LogP contribution in [0.1, 0.15) is 59.9 Å². The van der Waals surface area contributed by atoms with Gasteiger partial charge in [-0.2, -0.15) is 4.58 Å². The highest BCUT2D eigenvalue weighted by molar-refractivity contribution is 8.93. The molecule has 0 radical (unpaired) electrons. The molecule has 0 atom stereocenters. The molecule has 0 aromatic heterocycles. The topological polar surface area (TPSA) is 20.1 Å². The minimum Gasteiger partial charge on any atom is -0.300 e. The van der Waals surface area contributed by atoms with E-state index in [4.69, 9.17) is 0 Å². The molecule has 1 heterocycles. The zero-order valence-corrected chi connectivity index (χ0v) is 14.6. The molecule has 21 heavy (non-hydrogen) atoms. The van der Waals surface area contributed by atoms with Gasteiger partial charge in [-0.15, -0.1) is 17.0 Å². The fourth-order valence-corrected chi connectivity index (χ4v) is 2.88. The van der Waals surface area contributed by atoms with Gasteiger partial charge in [0.2, 0.25) is 5.69 Å². The van der Waals surface area contributed by atoms with E-state index in [0.29, 0.717) is 12.2 Å². The molecule has 2 rings (SSSR count). The van der Waals surface area contributed by atoms with Crippen molar-refractivity contribution >= 4 is 34.2 Å². The maximum Gasteiger partial charge on any atom is 0.209 e. The summed E-state index contributed by atoms with van der Waals surface area (Å²) in [5, 5.41) is 0. The third-order valence-electron chi connectivity index (χ3n) is 4.34. The summed E-state index contributed by atoms with van der Waals surface area (Å²) >= 11 is 0. The van der Waals surface area contributed by atoms with Crippen LogP contribution in [0, 0.1) is 0 Å². The quantitative estimate of drug-likeness (QED) is 0.534. The highest BCUT2D eigenvalue weighted by Crippen LogP contribution is 2.39. The molecule has 0 saturated carbocycles. The highest BCUT2D eigenvalue weighted by Gasteiger charge is 2.42. The van der Waals surface area contributed by atoms with Gasteiger partial charge in [0.15, 0.2) is 5.71 Å². The zero-order valence-electron chi connectivity index (χ0n) is 12.9. The van der Waals surface area contributed by atoms with Crippen molar-refractivity contribution in [2.45, 2.75) is 59.8 Å². The van der Waals surface area contributed by atoms with Crippen LogP contribution in [0.25, 0.3) is 0 Å². The number of carbonyl (C=O) groups is 1. The molecule has 3 heteroatoms. The lowest BCUT2D eigenvalue weighted by atomic mass is 9.82. The molecule has 0 saturated heterocycles. The number of carbonyl (C=O) groups excluding carboxylic acids is 1. The van der Waals surface area contributed by atoms with Crippen molar-refractivity contribution in [2.24, 2.45) is 0 Å². The van der Waals surface area contributed by atoms with Crippen LogP contribution in [0.15, 0.2) is 24.3 Å². The zero-order chi connectivity index (χ0) is 14.0. The van der Waals surface area contributed by atoms with Gasteiger partial charge in [0, 0.05) is 31.4 Å². The van der Waals surface area contributed by atoms with Crippen molar-refractivity contribution in [3.8, 4) is 0 Å². The molecule has 0 N–H and O–H groups in total. The Hall–Kier alpha value is -0.960. The predicted octanol–water partition coefficient (Wildman–Crippen LogP) is 5.06. The number of Topliss-reactive ketones (excluding diaryl/α,β-unsaturated/α-hetero) is 1. The van der Waals surface area contributed by atoms with Gasteiger partial charge in [-0.1, -0.05) is 25.6 Å². The number of fused-ring (bicyclic) bond motifs is 1. The Kier molecular flexibility index (Phi) is 7.52. The Bertz CT molecular complexity index is 532. The second kappa shape index (κ2) is 7.88. The van der Waals surface area contributed by atoms with Crippen molar-refractivity contribution in [3.05, 3.63) is 29.8 Å². The SMILES string of the molecule is Br.C.CC(=O)CCCC[N+]1=C(C)C(C)(C)c2ccccc21. The van der Waals surface area contributed by atoms with E-state index in [9.17, 15) is 4.79 Å². The molecule has 1 aromatic rings. The largest absolute Gasteiger partial charge is 0.300 e. The summed E-state index contributed by atoms with van der Waals surface area (Å²) in [6.45, 7) is 9.49. The van der Waals surface area contributed by atoms with Gasteiger partial charge in [-0.25, -0.2) is 0 Å². The van der Waals surface area contributed by atoms with E-state index in [1.807, 2.05) is 0 Å². The first-order chi connectivity index (χ1) is 8.94.